The summed E-state index contributed by atoms with van der Waals surface area (Å²) in [6, 6.07) is 10.1. The van der Waals surface area contributed by atoms with Gasteiger partial charge in [-0.1, -0.05) is 18.2 Å². The summed E-state index contributed by atoms with van der Waals surface area (Å²) in [5, 5.41) is 2.67. The molecule has 0 atom stereocenters. The van der Waals surface area contributed by atoms with Gasteiger partial charge in [0, 0.05) is 45.0 Å². The lowest BCUT2D eigenvalue weighted by atomic mass is 10.2. The summed E-state index contributed by atoms with van der Waals surface area (Å²) in [5.74, 6) is -0.958. The molecule has 1 aliphatic rings. The van der Waals surface area contributed by atoms with E-state index in [1.54, 1.807) is 4.90 Å². The molecule has 1 fully saturated rings. The summed E-state index contributed by atoms with van der Waals surface area (Å²) in [7, 11) is 0. The highest BCUT2D eigenvalue weighted by molar-refractivity contribution is 6.35. The Kier molecular flexibility index (Phi) is 7.06. The average Bonchev–Trinajstić information content (AvgIpc) is 2.61. The second-order valence-electron chi connectivity index (χ2n) is 6.14. The number of hydrogen-bond donors (Lipinski definition) is 1. The molecule has 0 bridgehead atoms. The number of hydrogen-bond acceptors (Lipinski definition) is 4. The first-order valence-corrected chi connectivity index (χ1v) is 8.56. The molecule has 1 heterocycles. The van der Waals surface area contributed by atoms with E-state index in [1.165, 1.54) is 0 Å². The summed E-state index contributed by atoms with van der Waals surface area (Å²) < 4.78 is 5.40. The lowest BCUT2D eigenvalue weighted by Gasteiger charge is -2.35. The quantitative estimate of drug-likeness (QED) is 0.629. The molecule has 0 aromatic heterocycles. The lowest BCUT2D eigenvalue weighted by molar-refractivity contribution is -0.146. The third-order valence-electron chi connectivity index (χ3n) is 3.94. The van der Waals surface area contributed by atoms with Gasteiger partial charge in [-0.3, -0.25) is 9.59 Å². The van der Waals surface area contributed by atoms with Crippen LogP contribution in [0.25, 0.3) is 0 Å². The van der Waals surface area contributed by atoms with Crippen LogP contribution in [0.1, 0.15) is 20.3 Å². The van der Waals surface area contributed by atoms with Crippen molar-refractivity contribution >= 4 is 17.5 Å². The number of anilines is 1. The fourth-order valence-corrected chi connectivity index (χ4v) is 2.62. The summed E-state index contributed by atoms with van der Waals surface area (Å²) in [6.07, 6.45) is 0.891. The number of carbonyl (C=O) groups excluding carboxylic acids is 2. The van der Waals surface area contributed by atoms with Crippen LogP contribution in [0.3, 0.4) is 0 Å². The van der Waals surface area contributed by atoms with Crippen LogP contribution in [0.4, 0.5) is 5.69 Å². The van der Waals surface area contributed by atoms with Crippen molar-refractivity contribution in [2.75, 3.05) is 44.2 Å². The van der Waals surface area contributed by atoms with E-state index < -0.39 is 11.8 Å². The third-order valence-corrected chi connectivity index (χ3v) is 3.94. The zero-order valence-corrected chi connectivity index (χ0v) is 14.5. The van der Waals surface area contributed by atoms with Crippen molar-refractivity contribution in [2.45, 2.75) is 26.4 Å². The molecule has 6 heteroatoms. The SMILES string of the molecule is CC(C)OCCCNC(=O)C(=O)N1CCN(c2ccccc2)CC1. The lowest BCUT2D eigenvalue weighted by Crippen LogP contribution is -2.52. The van der Waals surface area contributed by atoms with Gasteiger partial charge in [-0.25, -0.2) is 0 Å². The zero-order valence-electron chi connectivity index (χ0n) is 14.5. The standard InChI is InChI=1S/C18H27N3O3/c1-15(2)24-14-6-9-19-17(22)18(23)21-12-10-20(11-13-21)16-7-4-3-5-8-16/h3-5,7-8,15H,6,9-14H2,1-2H3,(H,19,22). The molecule has 0 aliphatic carbocycles. The van der Waals surface area contributed by atoms with E-state index in [4.69, 9.17) is 4.74 Å². The van der Waals surface area contributed by atoms with Gasteiger partial charge in [-0.2, -0.15) is 0 Å². The molecule has 6 nitrogen and oxygen atoms in total. The number of nitrogens with zero attached hydrogens (tertiary/aromatic N) is 2. The van der Waals surface area contributed by atoms with Crippen molar-refractivity contribution in [1.29, 1.82) is 0 Å². The number of para-hydroxylation sites is 1. The molecule has 1 aliphatic heterocycles. The Bertz CT molecular complexity index is 526. The second-order valence-corrected chi connectivity index (χ2v) is 6.14. The van der Waals surface area contributed by atoms with Crippen molar-refractivity contribution in [1.82, 2.24) is 10.2 Å². The van der Waals surface area contributed by atoms with E-state index in [1.807, 2.05) is 32.0 Å². The number of carbonyl (C=O) groups is 2. The van der Waals surface area contributed by atoms with E-state index in [2.05, 4.69) is 22.3 Å². The van der Waals surface area contributed by atoms with E-state index in [9.17, 15) is 9.59 Å². The van der Waals surface area contributed by atoms with Crippen LogP contribution in [-0.2, 0) is 14.3 Å². The van der Waals surface area contributed by atoms with E-state index in [-0.39, 0.29) is 6.10 Å². The zero-order chi connectivity index (χ0) is 17.4. The molecule has 2 amide bonds. The fraction of sp³-hybridized carbons (Fsp3) is 0.556. The van der Waals surface area contributed by atoms with Gasteiger partial charge in [-0.15, -0.1) is 0 Å². The number of nitrogens with one attached hydrogen (secondary N) is 1. The molecule has 0 saturated carbocycles. The molecule has 0 unspecified atom stereocenters. The van der Waals surface area contributed by atoms with Crippen LogP contribution in [-0.4, -0.2) is 62.1 Å². The minimum Gasteiger partial charge on any atom is -0.379 e. The second kappa shape index (κ2) is 9.27. The molecular weight excluding hydrogens is 306 g/mol. The maximum atomic E-state index is 12.2. The highest BCUT2D eigenvalue weighted by atomic mass is 16.5. The number of ether oxygens (including phenoxy) is 1. The van der Waals surface area contributed by atoms with Crippen molar-refractivity contribution in [3.8, 4) is 0 Å². The van der Waals surface area contributed by atoms with Crippen molar-refractivity contribution in [2.24, 2.45) is 0 Å². The van der Waals surface area contributed by atoms with E-state index in [0.29, 0.717) is 32.7 Å². The van der Waals surface area contributed by atoms with E-state index in [0.717, 1.165) is 18.8 Å². The molecule has 1 N–H and O–H groups in total. The Morgan fingerprint density at radius 1 is 1.12 bits per heavy atom. The number of rotatable bonds is 6. The summed E-state index contributed by atoms with van der Waals surface area (Å²) in [5.41, 5.74) is 1.15. The maximum Gasteiger partial charge on any atom is 0.312 e. The van der Waals surface area contributed by atoms with Crippen LogP contribution in [0.2, 0.25) is 0 Å². The Balaban J connectivity index is 1.69. The van der Waals surface area contributed by atoms with Gasteiger partial charge in [0.1, 0.15) is 0 Å². The molecule has 0 spiro atoms. The predicted octanol–water partition coefficient (Wildman–Crippen LogP) is 1.27. The smallest absolute Gasteiger partial charge is 0.312 e. The summed E-state index contributed by atoms with van der Waals surface area (Å²) >= 11 is 0. The molecule has 1 saturated heterocycles. The van der Waals surface area contributed by atoms with Gasteiger partial charge in [0.2, 0.25) is 0 Å². The van der Waals surface area contributed by atoms with Crippen LogP contribution < -0.4 is 10.2 Å². The maximum absolute atomic E-state index is 12.2. The van der Waals surface area contributed by atoms with Crippen molar-refractivity contribution in [3.63, 3.8) is 0 Å². The largest absolute Gasteiger partial charge is 0.379 e. The molecule has 132 valence electrons. The van der Waals surface area contributed by atoms with Crippen LogP contribution in [0, 0.1) is 0 Å². The Morgan fingerprint density at radius 2 is 1.79 bits per heavy atom. The first-order chi connectivity index (χ1) is 11.6. The van der Waals surface area contributed by atoms with Gasteiger partial charge in [0.05, 0.1) is 6.10 Å². The van der Waals surface area contributed by atoms with Crippen LogP contribution >= 0.6 is 0 Å². The summed E-state index contributed by atoms with van der Waals surface area (Å²) in [4.78, 5) is 28.0. The third kappa shape index (κ3) is 5.53. The van der Waals surface area contributed by atoms with Gasteiger partial charge >= 0.3 is 11.8 Å². The van der Waals surface area contributed by atoms with Crippen LogP contribution in [0.5, 0.6) is 0 Å². The average molecular weight is 333 g/mol. The van der Waals surface area contributed by atoms with Crippen molar-refractivity contribution < 1.29 is 14.3 Å². The number of piperazine rings is 1. The normalized spacial score (nSPS) is 14.8. The number of amides is 2. The van der Waals surface area contributed by atoms with Gasteiger partial charge in [0.25, 0.3) is 0 Å². The molecule has 0 radical (unpaired) electrons. The predicted molar refractivity (Wildman–Crippen MR) is 93.9 cm³/mol. The highest BCUT2D eigenvalue weighted by Gasteiger charge is 2.25. The Hall–Kier alpha value is -2.08. The van der Waals surface area contributed by atoms with Crippen LogP contribution in [0.15, 0.2) is 30.3 Å². The Labute approximate surface area is 143 Å². The topological polar surface area (TPSA) is 61.9 Å². The van der Waals surface area contributed by atoms with Gasteiger partial charge in [-0.05, 0) is 32.4 Å². The van der Waals surface area contributed by atoms with Gasteiger partial charge in [0.15, 0.2) is 0 Å². The Morgan fingerprint density at radius 3 is 2.42 bits per heavy atom. The minimum atomic E-state index is -0.521. The summed E-state index contributed by atoms with van der Waals surface area (Å²) in [6.45, 7) is 7.60. The molecule has 1 aromatic carbocycles. The molecule has 2 rings (SSSR count). The molecular formula is C18H27N3O3. The monoisotopic (exact) mass is 333 g/mol. The fourth-order valence-electron chi connectivity index (χ4n) is 2.62. The van der Waals surface area contributed by atoms with Crippen molar-refractivity contribution in [3.05, 3.63) is 30.3 Å². The minimum absolute atomic E-state index is 0.184. The number of benzene rings is 1. The highest BCUT2D eigenvalue weighted by Crippen LogP contribution is 2.15. The first-order valence-electron chi connectivity index (χ1n) is 8.56. The van der Waals surface area contributed by atoms with Gasteiger partial charge < -0.3 is 19.9 Å². The molecule has 24 heavy (non-hydrogen) atoms. The molecule has 1 aromatic rings. The first kappa shape index (κ1) is 18.3. The van der Waals surface area contributed by atoms with E-state index >= 15 is 0 Å².